The van der Waals surface area contributed by atoms with Gasteiger partial charge in [0, 0.05) is 17.9 Å². The van der Waals surface area contributed by atoms with Crippen molar-refractivity contribution in [2.45, 2.75) is 25.2 Å². The Bertz CT molecular complexity index is 343. The first-order valence-corrected chi connectivity index (χ1v) is 5.06. The van der Waals surface area contributed by atoms with Crippen molar-refractivity contribution in [1.82, 2.24) is 0 Å². The Hall–Kier alpha value is -1.14. The van der Waals surface area contributed by atoms with Crippen molar-refractivity contribution < 1.29 is 20.4 Å². The number of benzene rings is 1. The van der Waals surface area contributed by atoms with E-state index in [0.717, 1.165) is 0 Å². The molecule has 0 saturated heterocycles. The standard InChI is InChI=1S/C11H17NO4/c12-9-2-1-7(5-8(9)6-14)11(16)10(15)3-4-13/h1-2,5,10-11,13-16H,3-4,6,12H2. The van der Waals surface area contributed by atoms with Gasteiger partial charge in [-0.15, -0.1) is 0 Å². The lowest BCUT2D eigenvalue weighted by molar-refractivity contribution is 0.00415. The molecular weight excluding hydrogens is 210 g/mol. The number of nitrogens with two attached hydrogens (primary N) is 1. The van der Waals surface area contributed by atoms with Gasteiger partial charge in [0.2, 0.25) is 0 Å². The second-order valence-corrected chi connectivity index (χ2v) is 3.64. The van der Waals surface area contributed by atoms with Crippen molar-refractivity contribution in [3.63, 3.8) is 0 Å². The van der Waals surface area contributed by atoms with Crippen molar-refractivity contribution in [3.05, 3.63) is 29.3 Å². The molecule has 0 amide bonds. The summed E-state index contributed by atoms with van der Waals surface area (Å²) in [5.74, 6) is 0. The molecule has 16 heavy (non-hydrogen) atoms. The average molecular weight is 227 g/mol. The van der Waals surface area contributed by atoms with Crippen LogP contribution in [0, 0.1) is 0 Å². The molecule has 0 heterocycles. The number of nitrogen functional groups attached to an aromatic ring is 1. The Morgan fingerprint density at radius 2 is 1.88 bits per heavy atom. The quantitative estimate of drug-likeness (QED) is 0.437. The minimum atomic E-state index is -1.09. The topological polar surface area (TPSA) is 107 Å². The number of aliphatic hydroxyl groups excluding tert-OH is 4. The van der Waals surface area contributed by atoms with Gasteiger partial charge in [-0.25, -0.2) is 0 Å². The minimum Gasteiger partial charge on any atom is -0.398 e. The molecule has 0 aliphatic heterocycles. The number of aliphatic hydroxyl groups is 4. The fraction of sp³-hybridized carbons (Fsp3) is 0.455. The van der Waals surface area contributed by atoms with Gasteiger partial charge in [0.15, 0.2) is 0 Å². The molecular formula is C11H17NO4. The largest absolute Gasteiger partial charge is 0.398 e. The Labute approximate surface area is 93.8 Å². The molecule has 1 aromatic rings. The molecule has 1 rings (SSSR count). The third-order valence-corrected chi connectivity index (χ3v) is 2.47. The van der Waals surface area contributed by atoms with E-state index in [1.807, 2.05) is 0 Å². The van der Waals surface area contributed by atoms with Crippen molar-refractivity contribution in [1.29, 1.82) is 0 Å². The normalized spacial score (nSPS) is 14.8. The maximum absolute atomic E-state index is 9.75. The molecule has 0 aromatic heterocycles. The summed E-state index contributed by atoms with van der Waals surface area (Å²) in [6.45, 7) is -0.414. The Kier molecular flexibility index (Phi) is 4.70. The Morgan fingerprint density at radius 1 is 1.19 bits per heavy atom. The van der Waals surface area contributed by atoms with E-state index in [4.69, 9.17) is 15.9 Å². The van der Waals surface area contributed by atoms with E-state index < -0.39 is 12.2 Å². The second-order valence-electron chi connectivity index (χ2n) is 3.64. The van der Waals surface area contributed by atoms with Gasteiger partial charge in [-0.1, -0.05) is 6.07 Å². The molecule has 0 bridgehead atoms. The lowest BCUT2D eigenvalue weighted by Gasteiger charge is -2.18. The molecule has 90 valence electrons. The van der Waals surface area contributed by atoms with Gasteiger partial charge in [-0.05, 0) is 24.1 Å². The van der Waals surface area contributed by atoms with Crippen molar-refractivity contribution in [3.8, 4) is 0 Å². The molecule has 0 aliphatic carbocycles. The highest BCUT2D eigenvalue weighted by Crippen LogP contribution is 2.23. The summed E-state index contributed by atoms with van der Waals surface area (Å²) >= 11 is 0. The van der Waals surface area contributed by atoms with Crippen LogP contribution in [0.1, 0.15) is 23.7 Å². The highest BCUT2D eigenvalue weighted by Gasteiger charge is 2.18. The van der Waals surface area contributed by atoms with Crippen LogP contribution in [0.4, 0.5) is 5.69 Å². The van der Waals surface area contributed by atoms with Gasteiger partial charge in [0.25, 0.3) is 0 Å². The fourth-order valence-electron chi connectivity index (χ4n) is 1.46. The number of anilines is 1. The predicted molar refractivity (Wildman–Crippen MR) is 59.4 cm³/mol. The summed E-state index contributed by atoms with van der Waals surface area (Å²) in [4.78, 5) is 0. The highest BCUT2D eigenvalue weighted by molar-refractivity contribution is 5.48. The molecule has 5 nitrogen and oxygen atoms in total. The van der Waals surface area contributed by atoms with Crippen LogP contribution in [0.3, 0.4) is 0 Å². The van der Waals surface area contributed by atoms with E-state index in [2.05, 4.69) is 0 Å². The summed E-state index contributed by atoms with van der Waals surface area (Å²) in [7, 11) is 0. The zero-order valence-electron chi connectivity index (χ0n) is 8.87. The summed E-state index contributed by atoms with van der Waals surface area (Å²) < 4.78 is 0. The van der Waals surface area contributed by atoms with Crippen LogP contribution in [0.15, 0.2) is 18.2 Å². The van der Waals surface area contributed by atoms with Crippen molar-refractivity contribution in [2.24, 2.45) is 0 Å². The molecule has 0 saturated carbocycles. The van der Waals surface area contributed by atoms with Gasteiger partial charge in [0.05, 0.1) is 12.7 Å². The van der Waals surface area contributed by atoms with Crippen LogP contribution in [0.2, 0.25) is 0 Å². The summed E-state index contributed by atoms with van der Waals surface area (Å²) in [6.07, 6.45) is -2.02. The zero-order valence-corrected chi connectivity index (χ0v) is 8.87. The predicted octanol–water partition coefficient (Wildman–Crippen LogP) is -0.462. The molecule has 1 aromatic carbocycles. The molecule has 2 unspecified atom stereocenters. The summed E-state index contributed by atoms with van der Waals surface area (Å²) in [5, 5.41) is 36.9. The summed E-state index contributed by atoms with van der Waals surface area (Å²) in [6, 6.07) is 4.69. The monoisotopic (exact) mass is 227 g/mol. The molecule has 5 heteroatoms. The molecule has 0 spiro atoms. The first kappa shape index (κ1) is 12.9. The van der Waals surface area contributed by atoms with Crippen molar-refractivity contribution in [2.75, 3.05) is 12.3 Å². The van der Waals surface area contributed by atoms with Gasteiger partial charge in [0.1, 0.15) is 6.10 Å². The third-order valence-electron chi connectivity index (χ3n) is 2.47. The van der Waals surface area contributed by atoms with E-state index in [-0.39, 0.29) is 19.6 Å². The highest BCUT2D eigenvalue weighted by atomic mass is 16.3. The molecule has 0 aliphatic rings. The fourth-order valence-corrected chi connectivity index (χ4v) is 1.46. The van der Waals surface area contributed by atoms with Crippen LogP contribution in [-0.2, 0) is 6.61 Å². The van der Waals surface area contributed by atoms with Crippen LogP contribution in [0.25, 0.3) is 0 Å². The number of hydrogen-bond acceptors (Lipinski definition) is 5. The molecule has 2 atom stereocenters. The Balaban J connectivity index is 2.87. The molecule has 6 N–H and O–H groups in total. The second kappa shape index (κ2) is 5.81. The number of rotatable bonds is 5. The van der Waals surface area contributed by atoms with E-state index in [0.29, 0.717) is 16.8 Å². The van der Waals surface area contributed by atoms with Crippen LogP contribution in [-0.4, -0.2) is 33.1 Å². The average Bonchev–Trinajstić information content (AvgIpc) is 2.29. The first-order valence-electron chi connectivity index (χ1n) is 5.06. The minimum absolute atomic E-state index is 0.0972. The molecule has 0 radical (unpaired) electrons. The maximum atomic E-state index is 9.75. The van der Waals surface area contributed by atoms with Gasteiger partial charge in [-0.3, -0.25) is 0 Å². The van der Waals surface area contributed by atoms with Crippen molar-refractivity contribution >= 4 is 5.69 Å². The van der Waals surface area contributed by atoms with E-state index >= 15 is 0 Å². The number of hydrogen-bond donors (Lipinski definition) is 5. The Morgan fingerprint density at radius 3 is 2.44 bits per heavy atom. The molecule has 0 fully saturated rings. The van der Waals surface area contributed by atoms with Gasteiger partial charge < -0.3 is 26.2 Å². The van der Waals surface area contributed by atoms with Gasteiger partial charge >= 0.3 is 0 Å². The van der Waals surface area contributed by atoms with E-state index in [1.54, 1.807) is 18.2 Å². The summed E-state index contributed by atoms with van der Waals surface area (Å²) in [5.41, 5.74) is 7.01. The van der Waals surface area contributed by atoms with E-state index in [9.17, 15) is 10.2 Å². The SMILES string of the molecule is Nc1ccc(C(O)C(O)CCO)cc1CO. The van der Waals surface area contributed by atoms with Crippen LogP contribution in [0.5, 0.6) is 0 Å². The third kappa shape index (κ3) is 2.93. The zero-order chi connectivity index (χ0) is 12.1. The first-order chi connectivity index (χ1) is 7.60. The lowest BCUT2D eigenvalue weighted by Crippen LogP contribution is -2.19. The smallest absolute Gasteiger partial charge is 0.105 e. The maximum Gasteiger partial charge on any atom is 0.105 e. The van der Waals surface area contributed by atoms with Crippen LogP contribution < -0.4 is 5.73 Å². The lowest BCUT2D eigenvalue weighted by atomic mass is 9.99. The van der Waals surface area contributed by atoms with E-state index in [1.165, 1.54) is 0 Å². The van der Waals surface area contributed by atoms with Gasteiger partial charge in [-0.2, -0.15) is 0 Å². The van der Waals surface area contributed by atoms with Crippen LogP contribution >= 0.6 is 0 Å².